The first kappa shape index (κ1) is 16.5. The smallest absolute Gasteiger partial charge is 0.309 e. The number of rotatable bonds is 7. The Bertz CT molecular complexity index is 612. The van der Waals surface area contributed by atoms with Gasteiger partial charge in [-0.3, -0.25) is 4.79 Å². The zero-order chi connectivity index (χ0) is 15.9. The molecule has 0 heterocycles. The molecule has 2 aromatic carbocycles. The van der Waals surface area contributed by atoms with Gasteiger partial charge in [0.05, 0.1) is 5.92 Å². The van der Waals surface area contributed by atoms with Gasteiger partial charge in [-0.2, -0.15) is 0 Å². The third-order valence-corrected chi connectivity index (χ3v) is 4.14. The van der Waals surface area contributed by atoms with Crippen LogP contribution < -0.4 is 0 Å². The van der Waals surface area contributed by atoms with E-state index in [0.717, 1.165) is 31.2 Å². The van der Waals surface area contributed by atoms with E-state index in [0.29, 0.717) is 0 Å². The number of carbonyl (C=O) groups excluding carboxylic acids is 1. The van der Waals surface area contributed by atoms with E-state index in [9.17, 15) is 4.79 Å². The van der Waals surface area contributed by atoms with E-state index in [1.807, 2.05) is 19.1 Å². The molecule has 0 fully saturated rings. The Morgan fingerprint density at radius 3 is 2.27 bits per heavy atom. The van der Waals surface area contributed by atoms with Crippen LogP contribution in [0.5, 0.6) is 0 Å². The minimum absolute atomic E-state index is 0.0397. The average Bonchev–Trinajstić information content (AvgIpc) is 2.54. The highest BCUT2D eigenvalue weighted by molar-refractivity contribution is 5.83. The molecule has 0 spiro atoms. The van der Waals surface area contributed by atoms with Crippen LogP contribution in [0.25, 0.3) is 10.8 Å². The van der Waals surface area contributed by atoms with Crippen LogP contribution in [0.3, 0.4) is 0 Å². The monoisotopic (exact) mass is 298 g/mol. The zero-order valence-electron chi connectivity index (χ0n) is 13.8. The molecule has 0 saturated carbocycles. The summed E-state index contributed by atoms with van der Waals surface area (Å²) < 4.78 is 5.71. The lowest BCUT2D eigenvalue weighted by atomic mass is 9.98. The van der Waals surface area contributed by atoms with E-state index in [2.05, 4.69) is 44.2 Å². The van der Waals surface area contributed by atoms with Gasteiger partial charge in [0.15, 0.2) is 0 Å². The maximum atomic E-state index is 12.3. The summed E-state index contributed by atoms with van der Waals surface area (Å²) >= 11 is 0. The summed E-state index contributed by atoms with van der Waals surface area (Å²) in [4.78, 5) is 12.3. The number of hydrogen-bond donors (Lipinski definition) is 0. The number of carbonyl (C=O) groups is 1. The SMILES string of the molecule is CCCC(CCC)C(=O)OC(C)c1ccc2ccccc2c1. The summed E-state index contributed by atoms with van der Waals surface area (Å²) in [5, 5.41) is 2.39. The van der Waals surface area contributed by atoms with Gasteiger partial charge in [-0.25, -0.2) is 0 Å². The summed E-state index contributed by atoms with van der Waals surface area (Å²) in [6.07, 6.45) is 3.66. The quantitative estimate of drug-likeness (QED) is 0.616. The molecule has 22 heavy (non-hydrogen) atoms. The van der Waals surface area contributed by atoms with Crippen LogP contribution >= 0.6 is 0 Å². The van der Waals surface area contributed by atoms with Crippen molar-refractivity contribution in [2.45, 2.75) is 52.6 Å². The molecule has 0 saturated heterocycles. The Morgan fingerprint density at radius 1 is 1.00 bits per heavy atom. The third kappa shape index (κ3) is 4.09. The van der Waals surface area contributed by atoms with E-state index in [4.69, 9.17) is 4.74 Å². The molecule has 0 bridgehead atoms. The van der Waals surface area contributed by atoms with Gasteiger partial charge in [0.1, 0.15) is 6.10 Å². The van der Waals surface area contributed by atoms with Crippen molar-refractivity contribution in [3.8, 4) is 0 Å². The van der Waals surface area contributed by atoms with Crippen LogP contribution in [-0.2, 0) is 9.53 Å². The number of hydrogen-bond acceptors (Lipinski definition) is 2. The molecule has 0 aliphatic carbocycles. The Balaban J connectivity index is 2.08. The highest BCUT2D eigenvalue weighted by Crippen LogP contribution is 2.25. The van der Waals surface area contributed by atoms with Crippen LogP contribution in [0.1, 0.15) is 58.1 Å². The average molecular weight is 298 g/mol. The van der Waals surface area contributed by atoms with Crippen molar-refractivity contribution in [1.29, 1.82) is 0 Å². The van der Waals surface area contributed by atoms with Gasteiger partial charge >= 0.3 is 5.97 Å². The van der Waals surface area contributed by atoms with E-state index in [1.165, 1.54) is 10.8 Å². The molecule has 0 aromatic heterocycles. The second kappa shape index (κ2) is 7.98. The third-order valence-electron chi connectivity index (χ3n) is 4.14. The van der Waals surface area contributed by atoms with Crippen molar-refractivity contribution >= 4 is 16.7 Å². The van der Waals surface area contributed by atoms with Gasteiger partial charge in [0.25, 0.3) is 0 Å². The lowest BCUT2D eigenvalue weighted by Crippen LogP contribution is -2.19. The van der Waals surface area contributed by atoms with Crippen molar-refractivity contribution < 1.29 is 9.53 Å². The predicted molar refractivity (Wildman–Crippen MR) is 91.8 cm³/mol. The van der Waals surface area contributed by atoms with Crippen LogP contribution in [0.2, 0.25) is 0 Å². The lowest BCUT2D eigenvalue weighted by Gasteiger charge is -2.19. The minimum atomic E-state index is -0.201. The van der Waals surface area contributed by atoms with Gasteiger partial charge in [-0.05, 0) is 42.2 Å². The molecule has 0 amide bonds. The van der Waals surface area contributed by atoms with Crippen molar-refractivity contribution in [3.63, 3.8) is 0 Å². The summed E-state index contributed by atoms with van der Waals surface area (Å²) in [5.41, 5.74) is 1.05. The maximum Gasteiger partial charge on any atom is 0.309 e. The summed E-state index contributed by atoms with van der Waals surface area (Å²) in [5.74, 6) is -0.0118. The normalized spacial score (nSPS) is 12.5. The summed E-state index contributed by atoms with van der Waals surface area (Å²) in [6, 6.07) is 14.5. The zero-order valence-corrected chi connectivity index (χ0v) is 13.8. The van der Waals surface area contributed by atoms with Crippen molar-refractivity contribution in [1.82, 2.24) is 0 Å². The molecule has 0 radical (unpaired) electrons. The second-order valence-electron chi connectivity index (χ2n) is 5.96. The Kier molecular flexibility index (Phi) is 6.00. The predicted octanol–water partition coefficient (Wildman–Crippen LogP) is 5.66. The second-order valence-corrected chi connectivity index (χ2v) is 5.96. The molecular weight excluding hydrogens is 272 g/mol. The Labute approximate surface area is 133 Å². The molecular formula is C20H26O2. The van der Waals surface area contributed by atoms with Crippen LogP contribution in [-0.4, -0.2) is 5.97 Å². The molecule has 2 rings (SSSR count). The molecule has 0 aliphatic rings. The summed E-state index contributed by atoms with van der Waals surface area (Å²) in [7, 11) is 0. The van der Waals surface area contributed by atoms with Crippen LogP contribution in [0, 0.1) is 5.92 Å². The highest BCUT2D eigenvalue weighted by atomic mass is 16.5. The van der Waals surface area contributed by atoms with Gasteiger partial charge in [-0.1, -0.05) is 63.1 Å². The van der Waals surface area contributed by atoms with Crippen LogP contribution in [0.4, 0.5) is 0 Å². The minimum Gasteiger partial charge on any atom is -0.458 e. The maximum absolute atomic E-state index is 12.3. The molecule has 2 nitrogen and oxygen atoms in total. The first-order chi connectivity index (χ1) is 10.7. The summed E-state index contributed by atoms with van der Waals surface area (Å²) in [6.45, 7) is 6.18. The van der Waals surface area contributed by atoms with Crippen molar-refractivity contribution in [2.24, 2.45) is 5.92 Å². The fourth-order valence-electron chi connectivity index (χ4n) is 2.88. The molecule has 118 valence electrons. The van der Waals surface area contributed by atoms with Gasteiger partial charge in [-0.15, -0.1) is 0 Å². The Hall–Kier alpha value is -1.83. The molecule has 1 atom stereocenters. The van der Waals surface area contributed by atoms with Gasteiger partial charge in [0.2, 0.25) is 0 Å². The number of fused-ring (bicyclic) bond motifs is 1. The molecule has 2 heteroatoms. The highest BCUT2D eigenvalue weighted by Gasteiger charge is 2.21. The van der Waals surface area contributed by atoms with Crippen molar-refractivity contribution in [3.05, 3.63) is 48.0 Å². The lowest BCUT2D eigenvalue weighted by molar-refractivity contribution is -0.154. The molecule has 1 unspecified atom stereocenters. The van der Waals surface area contributed by atoms with E-state index in [-0.39, 0.29) is 18.0 Å². The number of esters is 1. The van der Waals surface area contributed by atoms with E-state index in [1.54, 1.807) is 0 Å². The van der Waals surface area contributed by atoms with Crippen LogP contribution in [0.15, 0.2) is 42.5 Å². The van der Waals surface area contributed by atoms with Gasteiger partial charge < -0.3 is 4.74 Å². The van der Waals surface area contributed by atoms with Gasteiger partial charge in [0, 0.05) is 0 Å². The number of benzene rings is 2. The molecule has 0 N–H and O–H groups in total. The Morgan fingerprint density at radius 2 is 1.64 bits per heavy atom. The van der Waals surface area contributed by atoms with E-state index < -0.39 is 0 Å². The number of ether oxygens (including phenoxy) is 1. The van der Waals surface area contributed by atoms with Crippen molar-refractivity contribution in [2.75, 3.05) is 0 Å². The molecule has 2 aromatic rings. The fourth-order valence-corrected chi connectivity index (χ4v) is 2.88. The van der Waals surface area contributed by atoms with E-state index >= 15 is 0 Å². The largest absolute Gasteiger partial charge is 0.458 e. The topological polar surface area (TPSA) is 26.3 Å². The molecule has 0 aliphatic heterocycles. The first-order valence-corrected chi connectivity index (χ1v) is 8.34. The first-order valence-electron chi connectivity index (χ1n) is 8.34. The standard InChI is InChI=1S/C20H26O2/c1-4-8-17(9-5-2)20(21)22-15(3)18-13-12-16-10-6-7-11-19(16)14-18/h6-7,10-15,17H,4-5,8-9H2,1-3H3. The fraction of sp³-hybridized carbons (Fsp3) is 0.450.